The molecule has 1 heterocycles. The van der Waals surface area contributed by atoms with Crippen LogP contribution in [-0.4, -0.2) is 26.3 Å². The Morgan fingerprint density at radius 1 is 1.33 bits per heavy atom. The standard InChI is InChI=1S/C14H18FNO2/c1-17-11-4-2-3-10(15)14(11)13-8-16-7-12(18-13)9-5-6-9/h2-4,9,12-13,16H,5-8H2,1H3. The molecule has 1 aliphatic carbocycles. The predicted octanol–water partition coefficient (Wildman–Crippen LogP) is 2.27. The van der Waals surface area contributed by atoms with Crippen LogP contribution in [0.4, 0.5) is 4.39 Å². The van der Waals surface area contributed by atoms with Gasteiger partial charge in [-0.3, -0.25) is 0 Å². The highest BCUT2D eigenvalue weighted by Gasteiger charge is 2.37. The molecule has 1 saturated carbocycles. The van der Waals surface area contributed by atoms with Gasteiger partial charge < -0.3 is 14.8 Å². The third-order valence-electron chi connectivity index (χ3n) is 3.72. The van der Waals surface area contributed by atoms with Crippen LogP contribution < -0.4 is 10.1 Å². The Bertz CT molecular complexity index is 434. The summed E-state index contributed by atoms with van der Waals surface area (Å²) >= 11 is 0. The lowest BCUT2D eigenvalue weighted by molar-refractivity contribution is -0.0516. The molecule has 1 aromatic carbocycles. The molecule has 4 heteroatoms. The number of halogens is 1. The number of rotatable bonds is 3. The smallest absolute Gasteiger partial charge is 0.132 e. The average Bonchev–Trinajstić information content (AvgIpc) is 3.23. The van der Waals surface area contributed by atoms with Crippen molar-refractivity contribution >= 4 is 0 Å². The van der Waals surface area contributed by atoms with E-state index in [1.165, 1.54) is 18.9 Å². The summed E-state index contributed by atoms with van der Waals surface area (Å²) in [5.74, 6) is 0.967. The van der Waals surface area contributed by atoms with Gasteiger partial charge in [0.2, 0.25) is 0 Å². The summed E-state index contributed by atoms with van der Waals surface area (Å²) in [5, 5.41) is 3.34. The van der Waals surface area contributed by atoms with Crippen LogP contribution in [0.3, 0.4) is 0 Å². The molecule has 2 atom stereocenters. The highest BCUT2D eigenvalue weighted by atomic mass is 19.1. The van der Waals surface area contributed by atoms with Crippen molar-refractivity contribution in [2.75, 3.05) is 20.2 Å². The van der Waals surface area contributed by atoms with E-state index in [0.717, 1.165) is 6.54 Å². The lowest BCUT2D eigenvalue weighted by atomic mass is 10.0. The SMILES string of the molecule is COc1cccc(F)c1C1CNCC(C2CC2)O1. The molecule has 0 bridgehead atoms. The van der Waals surface area contributed by atoms with Gasteiger partial charge in [0.1, 0.15) is 17.7 Å². The summed E-state index contributed by atoms with van der Waals surface area (Å²) in [4.78, 5) is 0. The molecule has 0 radical (unpaired) electrons. The lowest BCUT2D eigenvalue weighted by Crippen LogP contribution is -2.41. The summed E-state index contributed by atoms with van der Waals surface area (Å²) in [5.41, 5.74) is 0.540. The summed E-state index contributed by atoms with van der Waals surface area (Å²) in [6.45, 7) is 1.51. The van der Waals surface area contributed by atoms with Crippen LogP contribution in [-0.2, 0) is 4.74 Å². The monoisotopic (exact) mass is 251 g/mol. The van der Waals surface area contributed by atoms with E-state index < -0.39 is 0 Å². The summed E-state index contributed by atoms with van der Waals surface area (Å²) in [6, 6.07) is 4.90. The van der Waals surface area contributed by atoms with E-state index in [1.54, 1.807) is 19.2 Å². The molecule has 3 nitrogen and oxygen atoms in total. The molecule has 1 saturated heterocycles. The van der Waals surface area contributed by atoms with Crippen molar-refractivity contribution in [1.29, 1.82) is 0 Å². The molecule has 1 N–H and O–H groups in total. The van der Waals surface area contributed by atoms with E-state index in [-0.39, 0.29) is 18.0 Å². The molecule has 98 valence electrons. The molecule has 1 aliphatic heterocycles. The van der Waals surface area contributed by atoms with Crippen LogP contribution in [0, 0.1) is 11.7 Å². The fourth-order valence-corrected chi connectivity index (χ4v) is 2.59. The minimum atomic E-state index is -0.252. The predicted molar refractivity (Wildman–Crippen MR) is 66.2 cm³/mol. The summed E-state index contributed by atoms with van der Waals surface area (Å²) in [6.07, 6.45) is 2.43. The van der Waals surface area contributed by atoms with Crippen molar-refractivity contribution in [2.45, 2.75) is 25.0 Å². The van der Waals surface area contributed by atoms with Crippen LogP contribution in [0.15, 0.2) is 18.2 Å². The van der Waals surface area contributed by atoms with E-state index in [0.29, 0.717) is 23.8 Å². The van der Waals surface area contributed by atoms with Crippen molar-refractivity contribution < 1.29 is 13.9 Å². The first kappa shape index (κ1) is 11.9. The number of nitrogens with one attached hydrogen (secondary N) is 1. The number of hydrogen-bond donors (Lipinski definition) is 1. The number of benzene rings is 1. The van der Waals surface area contributed by atoms with Gasteiger partial charge in [-0.05, 0) is 30.9 Å². The highest BCUT2D eigenvalue weighted by molar-refractivity contribution is 5.37. The fraction of sp³-hybridized carbons (Fsp3) is 0.571. The molecule has 3 rings (SSSR count). The molecule has 2 unspecified atom stereocenters. The van der Waals surface area contributed by atoms with E-state index >= 15 is 0 Å². The van der Waals surface area contributed by atoms with E-state index in [4.69, 9.17) is 9.47 Å². The van der Waals surface area contributed by atoms with Crippen LogP contribution in [0.25, 0.3) is 0 Å². The lowest BCUT2D eigenvalue weighted by Gasteiger charge is -2.32. The Morgan fingerprint density at radius 3 is 2.89 bits per heavy atom. The summed E-state index contributed by atoms with van der Waals surface area (Å²) in [7, 11) is 1.56. The Balaban J connectivity index is 1.84. The second kappa shape index (κ2) is 4.86. The molecule has 2 fully saturated rings. The molecule has 2 aliphatic rings. The first-order valence-electron chi connectivity index (χ1n) is 6.48. The molecule has 18 heavy (non-hydrogen) atoms. The molecule has 0 amide bonds. The normalized spacial score (nSPS) is 28.1. The molecular formula is C14H18FNO2. The van der Waals surface area contributed by atoms with Crippen molar-refractivity contribution in [3.05, 3.63) is 29.6 Å². The Morgan fingerprint density at radius 2 is 2.17 bits per heavy atom. The van der Waals surface area contributed by atoms with Crippen molar-refractivity contribution in [3.63, 3.8) is 0 Å². The highest BCUT2D eigenvalue weighted by Crippen LogP contribution is 2.39. The van der Waals surface area contributed by atoms with Crippen LogP contribution in [0.1, 0.15) is 24.5 Å². The molecule has 0 aromatic heterocycles. The largest absolute Gasteiger partial charge is 0.496 e. The zero-order valence-electron chi connectivity index (χ0n) is 10.5. The fourth-order valence-electron chi connectivity index (χ4n) is 2.59. The van der Waals surface area contributed by atoms with Gasteiger partial charge in [-0.1, -0.05) is 6.07 Å². The maximum atomic E-state index is 14.0. The minimum Gasteiger partial charge on any atom is -0.496 e. The van der Waals surface area contributed by atoms with Gasteiger partial charge in [-0.2, -0.15) is 0 Å². The van der Waals surface area contributed by atoms with E-state index in [9.17, 15) is 4.39 Å². The van der Waals surface area contributed by atoms with Crippen molar-refractivity contribution in [3.8, 4) is 5.75 Å². The second-order valence-electron chi connectivity index (χ2n) is 5.01. The van der Waals surface area contributed by atoms with Crippen LogP contribution in [0.2, 0.25) is 0 Å². The third-order valence-corrected chi connectivity index (χ3v) is 3.72. The molecule has 1 aromatic rings. The number of morpholine rings is 1. The van der Waals surface area contributed by atoms with E-state index in [1.807, 2.05) is 0 Å². The zero-order chi connectivity index (χ0) is 12.5. The van der Waals surface area contributed by atoms with Crippen molar-refractivity contribution in [1.82, 2.24) is 5.32 Å². The number of ether oxygens (including phenoxy) is 2. The van der Waals surface area contributed by atoms with Crippen LogP contribution >= 0.6 is 0 Å². The Labute approximate surface area is 106 Å². The first-order valence-corrected chi connectivity index (χ1v) is 6.48. The maximum absolute atomic E-state index is 14.0. The minimum absolute atomic E-state index is 0.216. The van der Waals surface area contributed by atoms with Crippen LogP contribution in [0.5, 0.6) is 5.75 Å². The van der Waals surface area contributed by atoms with Gasteiger partial charge in [0.25, 0.3) is 0 Å². The average molecular weight is 251 g/mol. The third kappa shape index (κ3) is 2.22. The number of hydrogen-bond acceptors (Lipinski definition) is 3. The Hall–Kier alpha value is -1.13. The zero-order valence-corrected chi connectivity index (χ0v) is 10.5. The first-order chi connectivity index (χ1) is 8.79. The van der Waals surface area contributed by atoms with Crippen molar-refractivity contribution in [2.24, 2.45) is 5.92 Å². The quantitative estimate of drug-likeness (QED) is 0.894. The van der Waals surface area contributed by atoms with E-state index in [2.05, 4.69) is 5.32 Å². The second-order valence-corrected chi connectivity index (χ2v) is 5.01. The maximum Gasteiger partial charge on any atom is 0.132 e. The summed E-state index contributed by atoms with van der Waals surface area (Å²) < 4.78 is 25.3. The van der Waals surface area contributed by atoms with Gasteiger partial charge in [-0.25, -0.2) is 4.39 Å². The van der Waals surface area contributed by atoms with Gasteiger partial charge in [-0.15, -0.1) is 0 Å². The molecular weight excluding hydrogens is 233 g/mol. The number of methoxy groups -OCH3 is 1. The van der Waals surface area contributed by atoms with Gasteiger partial charge in [0.15, 0.2) is 0 Å². The van der Waals surface area contributed by atoms with Gasteiger partial charge in [0.05, 0.1) is 18.8 Å². The topological polar surface area (TPSA) is 30.5 Å². The Kier molecular flexibility index (Phi) is 3.22. The van der Waals surface area contributed by atoms with Gasteiger partial charge in [0, 0.05) is 13.1 Å². The van der Waals surface area contributed by atoms with Gasteiger partial charge >= 0.3 is 0 Å². The molecule has 0 spiro atoms.